The number of amides is 1. The molecule has 1 heterocycles. The molecule has 1 aromatic carbocycles. The van der Waals surface area contributed by atoms with Crippen LogP contribution in [0.5, 0.6) is 0 Å². The third kappa shape index (κ3) is 4.93. The first-order valence-corrected chi connectivity index (χ1v) is 9.38. The van der Waals surface area contributed by atoms with Gasteiger partial charge in [-0.2, -0.15) is 0 Å². The Bertz CT molecular complexity index is 759. The molecule has 0 aliphatic carbocycles. The molecule has 0 spiro atoms. The van der Waals surface area contributed by atoms with E-state index in [0.717, 1.165) is 0 Å². The molecule has 5 nitrogen and oxygen atoms in total. The van der Waals surface area contributed by atoms with E-state index in [1.807, 2.05) is 6.92 Å². The molecular weight excluding hydrogens is 383 g/mol. The second-order valence-corrected chi connectivity index (χ2v) is 7.36. The number of benzene rings is 1. The van der Waals surface area contributed by atoms with Crippen LogP contribution in [0, 0.1) is 5.92 Å². The number of carboxylic acid groups (broad SMARTS) is 1. The minimum atomic E-state index is -1.04. The predicted molar refractivity (Wildman–Crippen MR) is 100 cm³/mol. The first kappa shape index (κ1) is 19.7. The third-order valence-electron chi connectivity index (χ3n) is 3.87. The van der Waals surface area contributed by atoms with Crippen LogP contribution in [0.15, 0.2) is 23.6 Å². The largest absolute Gasteiger partial charge is 0.480 e. The van der Waals surface area contributed by atoms with Crippen molar-refractivity contribution in [2.24, 2.45) is 5.92 Å². The maximum atomic E-state index is 12.2. The maximum Gasteiger partial charge on any atom is 0.326 e. The molecule has 2 atom stereocenters. The van der Waals surface area contributed by atoms with Gasteiger partial charge in [-0.15, -0.1) is 11.3 Å². The number of halogens is 2. The molecule has 2 unspecified atom stereocenters. The van der Waals surface area contributed by atoms with E-state index in [0.29, 0.717) is 32.7 Å². The maximum absolute atomic E-state index is 12.2. The van der Waals surface area contributed by atoms with Crippen LogP contribution in [0.4, 0.5) is 0 Å². The Kier molecular flexibility index (Phi) is 6.81. The highest BCUT2D eigenvalue weighted by Crippen LogP contribution is 2.36. The van der Waals surface area contributed by atoms with Gasteiger partial charge in [0.2, 0.25) is 5.91 Å². The monoisotopic (exact) mass is 400 g/mol. The average Bonchev–Trinajstić information content (AvgIpc) is 2.99. The number of hydrogen-bond donors (Lipinski definition) is 2. The van der Waals surface area contributed by atoms with E-state index in [1.165, 1.54) is 11.3 Å². The highest BCUT2D eigenvalue weighted by molar-refractivity contribution is 7.13. The zero-order valence-corrected chi connectivity index (χ0v) is 16.1. The van der Waals surface area contributed by atoms with Crippen LogP contribution in [-0.2, 0) is 16.0 Å². The van der Waals surface area contributed by atoms with Crippen LogP contribution in [0.25, 0.3) is 10.6 Å². The molecule has 0 radical (unpaired) electrons. The van der Waals surface area contributed by atoms with E-state index in [-0.39, 0.29) is 18.2 Å². The molecule has 134 valence electrons. The molecule has 0 saturated carbocycles. The molecule has 0 aliphatic rings. The smallest absolute Gasteiger partial charge is 0.326 e. The first-order chi connectivity index (χ1) is 11.8. The van der Waals surface area contributed by atoms with E-state index >= 15 is 0 Å². The first-order valence-electron chi connectivity index (χ1n) is 7.74. The summed E-state index contributed by atoms with van der Waals surface area (Å²) in [4.78, 5) is 27.9. The van der Waals surface area contributed by atoms with Gasteiger partial charge in [-0.3, -0.25) is 4.79 Å². The van der Waals surface area contributed by atoms with Crippen molar-refractivity contribution in [2.45, 2.75) is 32.7 Å². The second-order valence-electron chi connectivity index (χ2n) is 5.69. The summed E-state index contributed by atoms with van der Waals surface area (Å²) in [6.07, 6.45) is 0.655. The SMILES string of the molecule is CCC(C)C(NC(=O)Cc1csc(-c2c(Cl)cccc2Cl)n1)C(=O)O. The van der Waals surface area contributed by atoms with Crippen LogP contribution in [0.2, 0.25) is 10.0 Å². The number of rotatable bonds is 7. The summed E-state index contributed by atoms with van der Waals surface area (Å²) < 4.78 is 0. The van der Waals surface area contributed by atoms with Crippen LogP contribution in [0.1, 0.15) is 26.0 Å². The molecule has 0 fully saturated rings. The van der Waals surface area contributed by atoms with Crippen molar-refractivity contribution in [3.63, 3.8) is 0 Å². The fourth-order valence-electron chi connectivity index (χ4n) is 2.28. The van der Waals surface area contributed by atoms with Gasteiger partial charge in [0.05, 0.1) is 22.2 Å². The zero-order valence-electron chi connectivity index (χ0n) is 13.8. The van der Waals surface area contributed by atoms with E-state index in [2.05, 4.69) is 10.3 Å². The van der Waals surface area contributed by atoms with E-state index in [1.54, 1.807) is 30.5 Å². The molecule has 2 rings (SSSR count). The topological polar surface area (TPSA) is 79.3 Å². The van der Waals surface area contributed by atoms with Crippen LogP contribution in [0.3, 0.4) is 0 Å². The lowest BCUT2D eigenvalue weighted by Gasteiger charge is -2.19. The van der Waals surface area contributed by atoms with Crippen molar-refractivity contribution in [1.29, 1.82) is 0 Å². The van der Waals surface area contributed by atoms with Gasteiger partial charge >= 0.3 is 5.97 Å². The predicted octanol–water partition coefficient (Wildman–Crippen LogP) is 4.27. The summed E-state index contributed by atoms with van der Waals surface area (Å²) in [6, 6.07) is 4.28. The summed E-state index contributed by atoms with van der Waals surface area (Å²) in [5.41, 5.74) is 1.17. The number of carboxylic acids is 1. The fourth-order valence-corrected chi connectivity index (χ4v) is 3.86. The lowest BCUT2D eigenvalue weighted by atomic mass is 9.99. The number of nitrogens with zero attached hydrogens (tertiary/aromatic N) is 1. The molecule has 2 aromatic rings. The van der Waals surface area contributed by atoms with Gasteiger partial charge < -0.3 is 10.4 Å². The van der Waals surface area contributed by atoms with Crippen LogP contribution in [-0.4, -0.2) is 28.0 Å². The molecule has 2 N–H and O–H groups in total. The molecule has 0 bridgehead atoms. The number of hydrogen-bond acceptors (Lipinski definition) is 4. The number of aliphatic carboxylic acids is 1. The number of aromatic nitrogens is 1. The highest BCUT2D eigenvalue weighted by Gasteiger charge is 2.25. The Morgan fingerprint density at radius 1 is 1.32 bits per heavy atom. The molecule has 1 amide bonds. The van der Waals surface area contributed by atoms with E-state index in [4.69, 9.17) is 23.2 Å². The van der Waals surface area contributed by atoms with Gasteiger partial charge in [0.25, 0.3) is 0 Å². The minimum Gasteiger partial charge on any atom is -0.480 e. The molecule has 8 heteroatoms. The standard InChI is InChI=1S/C17H18Cl2N2O3S/c1-3-9(2)15(17(23)24)21-13(22)7-10-8-25-16(20-10)14-11(18)5-4-6-12(14)19/h4-6,8-9,15H,3,7H2,1-2H3,(H,21,22)(H,23,24). The summed E-state index contributed by atoms with van der Waals surface area (Å²) in [5.74, 6) is -1.58. The zero-order chi connectivity index (χ0) is 18.6. The lowest BCUT2D eigenvalue weighted by Crippen LogP contribution is -2.45. The molecular formula is C17H18Cl2N2O3S. The number of thiazole rings is 1. The number of carbonyl (C=O) groups is 2. The quantitative estimate of drug-likeness (QED) is 0.726. The van der Waals surface area contributed by atoms with Gasteiger partial charge in [0.15, 0.2) is 0 Å². The van der Waals surface area contributed by atoms with Crippen molar-refractivity contribution >= 4 is 46.4 Å². The molecule has 1 aromatic heterocycles. The van der Waals surface area contributed by atoms with Crippen molar-refractivity contribution < 1.29 is 14.7 Å². The molecule has 0 aliphatic heterocycles. The highest BCUT2D eigenvalue weighted by atomic mass is 35.5. The van der Waals surface area contributed by atoms with Gasteiger partial charge in [0.1, 0.15) is 11.0 Å². The summed E-state index contributed by atoms with van der Waals surface area (Å²) in [5, 5.41) is 15.1. The van der Waals surface area contributed by atoms with Crippen molar-refractivity contribution in [2.75, 3.05) is 0 Å². The lowest BCUT2D eigenvalue weighted by molar-refractivity contribution is -0.143. The van der Waals surface area contributed by atoms with Gasteiger partial charge in [0, 0.05) is 10.9 Å². The minimum absolute atomic E-state index is 0.00120. The Balaban J connectivity index is 2.11. The van der Waals surface area contributed by atoms with Crippen molar-refractivity contribution in [3.05, 3.63) is 39.3 Å². The normalized spacial score (nSPS) is 13.3. The fraction of sp³-hybridized carbons (Fsp3) is 0.353. The Morgan fingerprint density at radius 2 is 1.96 bits per heavy atom. The number of carbonyl (C=O) groups excluding carboxylic acids is 1. The number of nitrogens with one attached hydrogen (secondary N) is 1. The van der Waals surface area contributed by atoms with E-state index < -0.39 is 12.0 Å². The van der Waals surface area contributed by atoms with Gasteiger partial charge in [-0.25, -0.2) is 9.78 Å². The Labute approximate surface area is 160 Å². The van der Waals surface area contributed by atoms with Gasteiger partial charge in [-0.1, -0.05) is 49.5 Å². The summed E-state index contributed by atoms with van der Waals surface area (Å²) in [7, 11) is 0. The summed E-state index contributed by atoms with van der Waals surface area (Å²) >= 11 is 13.7. The third-order valence-corrected chi connectivity index (χ3v) is 5.40. The Hall–Kier alpha value is -1.63. The van der Waals surface area contributed by atoms with Crippen molar-refractivity contribution in [3.8, 4) is 10.6 Å². The van der Waals surface area contributed by atoms with E-state index in [9.17, 15) is 14.7 Å². The summed E-state index contributed by atoms with van der Waals surface area (Å²) in [6.45, 7) is 3.67. The van der Waals surface area contributed by atoms with Crippen LogP contribution < -0.4 is 5.32 Å². The van der Waals surface area contributed by atoms with Gasteiger partial charge in [-0.05, 0) is 18.1 Å². The van der Waals surface area contributed by atoms with Crippen LogP contribution >= 0.6 is 34.5 Å². The molecule has 25 heavy (non-hydrogen) atoms. The second kappa shape index (κ2) is 8.65. The Morgan fingerprint density at radius 3 is 2.52 bits per heavy atom. The molecule has 0 saturated heterocycles. The van der Waals surface area contributed by atoms with Crippen molar-refractivity contribution in [1.82, 2.24) is 10.3 Å². The average molecular weight is 401 g/mol.